The van der Waals surface area contributed by atoms with Crippen LogP contribution in [-0.4, -0.2) is 17.8 Å². The Morgan fingerprint density at radius 2 is 2.20 bits per heavy atom. The highest BCUT2D eigenvalue weighted by Gasteiger charge is 2.17. The van der Waals surface area contributed by atoms with Gasteiger partial charge in [-0.1, -0.05) is 25.1 Å². The predicted molar refractivity (Wildman–Crippen MR) is 61.0 cm³/mol. The summed E-state index contributed by atoms with van der Waals surface area (Å²) < 4.78 is 4.88. The molecule has 0 bridgehead atoms. The van der Waals surface area contributed by atoms with Crippen LogP contribution in [-0.2, 0) is 4.18 Å². The number of para-hydroxylation sites is 1. The molecular weight excluding hydrogens is 214 g/mol. The maximum Gasteiger partial charge on any atom is 0.272 e. The number of hydrogen-bond donors (Lipinski definition) is 0. The van der Waals surface area contributed by atoms with Gasteiger partial charge < -0.3 is 4.18 Å². The zero-order chi connectivity index (χ0) is 11.3. The molecular formula is C10H13NO3S. The van der Waals surface area contributed by atoms with E-state index in [2.05, 4.69) is 0 Å². The fourth-order valence-corrected chi connectivity index (χ4v) is 1.85. The standard InChI is InChI=1S/C10H13NO3S/c1-8(7-15-14-2)9-5-3-4-6-10(9)11(12)13/h3-6,8H,7H2,1-2H3. The molecule has 0 saturated heterocycles. The monoisotopic (exact) mass is 227 g/mol. The largest absolute Gasteiger partial charge is 0.319 e. The molecule has 0 spiro atoms. The topological polar surface area (TPSA) is 52.4 Å². The molecule has 1 rings (SSSR count). The van der Waals surface area contributed by atoms with Gasteiger partial charge in [-0.3, -0.25) is 10.1 Å². The van der Waals surface area contributed by atoms with Crippen molar-refractivity contribution in [3.63, 3.8) is 0 Å². The minimum atomic E-state index is -0.344. The summed E-state index contributed by atoms with van der Waals surface area (Å²) in [7, 11) is 1.59. The summed E-state index contributed by atoms with van der Waals surface area (Å²) in [6, 6.07) is 6.82. The van der Waals surface area contributed by atoms with Crippen LogP contribution in [0.25, 0.3) is 0 Å². The lowest BCUT2D eigenvalue weighted by molar-refractivity contribution is -0.385. The van der Waals surface area contributed by atoms with E-state index in [1.165, 1.54) is 18.1 Å². The van der Waals surface area contributed by atoms with E-state index in [0.29, 0.717) is 5.75 Å². The number of benzene rings is 1. The Morgan fingerprint density at radius 1 is 1.53 bits per heavy atom. The third-order valence-corrected chi connectivity index (χ3v) is 2.97. The maximum atomic E-state index is 10.8. The molecule has 0 amide bonds. The van der Waals surface area contributed by atoms with E-state index < -0.39 is 0 Å². The van der Waals surface area contributed by atoms with E-state index in [-0.39, 0.29) is 16.5 Å². The molecule has 0 aliphatic rings. The van der Waals surface area contributed by atoms with Gasteiger partial charge in [-0.15, -0.1) is 0 Å². The van der Waals surface area contributed by atoms with Crippen molar-refractivity contribution < 1.29 is 9.11 Å². The molecule has 5 heteroatoms. The number of hydrogen-bond acceptors (Lipinski definition) is 4. The van der Waals surface area contributed by atoms with Crippen LogP contribution in [0, 0.1) is 10.1 Å². The van der Waals surface area contributed by atoms with Crippen LogP contribution in [0.5, 0.6) is 0 Å². The fourth-order valence-electron chi connectivity index (χ4n) is 1.33. The van der Waals surface area contributed by atoms with Crippen LogP contribution in [0.2, 0.25) is 0 Å². The van der Waals surface area contributed by atoms with E-state index in [1.54, 1.807) is 19.2 Å². The van der Waals surface area contributed by atoms with Crippen molar-refractivity contribution >= 4 is 17.7 Å². The highest BCUT2D eigenvalue weighted by molar-refractivity contribution is 7.94. The predicted octanol–water partition coefficient (Wildman–Crippen LogP) is 2.99. The summed E-state index contributed by atoms with van der Waals surface area (Å²) in [4.78, 5) is 10.4. The van der Waals surface area contributed by atoms with Crippen molar-refractivity contribution in [3.8, 4) is 0 Å². The van der Waals surface area contributed by atoms with Crippen LogP contribution < -0.4 is 0 Å². The Hall–Kier alpha value is -1.07. The van der Waals surface area contributed by atoms with Crippen molar-refractivity contribution in [1.82, 2.24) is 0 Å². The average molecular weight is 227 g/mol. The lowest BCUT2D eigenvalue weighted by Gasteiger charge is -2.10. The molecule has 15 heavy (non-hydrogen) atoms. The molecule has 0 aliphatic carbocycles. The van der Waals surface area contributed by atoms with Gasteiger partial charge in [0.15, 0.2) is 0 Å². The lowest BCUT2D eigenvalue weighted by atomic mass is 10.0. The number of nitro groups is 1. The Balaban J connectivity index is 2.87. The Labute approximate surface area is 93.0 Å². The van der Waals surface area contributed by atoms with Gasteiger partial charge in [0.1, 0.15) is 0 Å². The molecule has 0 N–H and O–H groups in total. The molecule has 1 unspecified atom stereocenters. The first-order valence-corrected chi connectivity index (χ1v) is 5.46. The Bertz CT molecular complexity index is 343. The molecule has 4 nitrogen and oxygen atoms in total. The van der Waals surface area contributed by atoms with Crippen molar-refractivity contribution in [2.24, 2.45) is 0 Å². The molecule has 0 aromatic heterocycles. The summed E-state index contributed by atoms with van der Waals surface area (Å²) in [6.07, 6.45) is 0. The molecule has 1 aromatic carbocycles. The van der Waals surface area contributed by atoms with E-state index in [4.69, 9.17) is 4.18 Å². The molecule has 1 atom stereocenters. The van der Waals surface area contributed by atoms with Gasteiger partial charge in [-0.2, -0.15) is 0 Å². The van der Waals surface area contributed by atoms with Crippen LogP contribution in [0.15, 0.2) is 24.3 Å². The summed E-state index contributed by atoms with van der Waals surface area (Å²) in [6.45, 7) is 1.95. The Kier molecular flexibility index (Phi) is 4.58. The van der Waals surface area contributed by atoms with Gasteiger partial charge in [-0.05, 0) is 18.0 Å². The van der Waals surface area contributed by atoms with Crippen molar-refractivity contribution in [3.05, 3.63) is 39.9 Å². The van der Waals surface area contributed by atoms with Gasteiger partial charge in [-0.25, -0.2) is 0 Å². The first-order valence-electron chi connectivity index (χ1n) is 4.55. The number of rotatable bonds is 5. The summed E-state index contributed by atoms with van der Waals surface area (Å²) >= 11 is 1.31. The SMILES string of the molecule is COSCC(C)c1ccccc1[N+](=O)[O-]. The average Bonchev–Trinajstić information content (AvgIpc) is 2.25. The quantitative estimate of drug-likeness (QED) is 0.441. The lowest BCUT2D eigenvalue weighted by Crippen LogP contribution is -2.02. The van der Waals surface area contributed by atoms with Gasteiger partial charge in [0.25, 0.3) is 5.69 Å². The second kappa shape index (κ2) is 5.72. The second-order valence-corrected chi connectivity index (χ2v) is 4.07. The minimum Gasteiger partial charge on any atom is -0.319 e. The number of nitrogens with zero attached hydrogens (tertiary/aromatic N) is 1. The van der Waals surface area contributed by atoms with E-state index >= 15 is 0 Å². The van der Waals surface area contributed by atoms with Gasteiger partial charge in [0.05, 0.1) is 12.0 Å². The van der Waals surface area contributed by atoms with Crippen LogP contribution in [0.4, 0.5) is 5.69 Å². The van der Waals surface area contributed by atoms with Gasteiger partial charge >= 0.3 is 0 Å². The maximum absolute atomic E-state index is 10.8. The first-order chi connectivity index (χ1) is 7.16. The zero-order valence-corrected chi connectivity index (χ0v) is 9.49. The fraction of sp³-hybridized carbons (Fsp3) is 0.400. The molecule has 0 heterocycles. The highest BCUT2D eigenvalue weighted by atomic mass is 32.2. The number of nitro benzene ring substituents is 1. The van der Waals surface area contributed by atoms with Crippen LogP contribution >= 0.6 is 12.0 Å². The Morgan fingerprint density at radius 3 is 2.80 bits per heavy atom. The van der Waals surface area contributed by atoms with Gasteiger partial charge in [0, 0.05) is 17.4 Å². The summed E-state index contributed by atoms with van der Waals surface area (Å²) in [5.41, 5.74) is 0.939. The molecule has 82 valence electrons. The summed E-state index contributed by atoms with van der Waals surface area (Å²) in [5.74, 6) is 0.818. The zero-order valence-electron chi connectivity index (χ0n) is 8.67. The van der Waals surface area contributed by atoms with Crippen LogP contribution in [0.1, 0.15) is 18.4 Å². The van der Waals surface area contributed by atoms with Crippen molar-refractivity contribution in [1.29, 1.82) is 0 Å². The second-order valence-electron chi connectivity index (χ2n) is 3.17. The molecule has 1 aromatic rings. The minimum absolute atomic E-state index is 0.108. The molecule has 0 radical (unpaired) electrons. The van der Waals surface area contributed by atoms with E-state index in [0.717, 1.165) is 5.56 Å². The van der Waals surface area contributed by atoms with Gasteiger partial charge in [0.2, 0.25) is 0 Å². The molecule has 0 aliphatic heterocycles. The van der Waals surface area contributed by atoms with Crippen molar-refractivity contribution in [2.75, 3.05) is 12.9 Å². The van der Waals surface area contributed by atoms with E-state index in [9.17, 15) is 10.1 Å². The van der Waals surface area contributed by atoms with Crippen LogP contribution in [0.3, 0.4) is 0 Å². The third kappa shape index (κ3) is 3.21. The smallest absolute Gasteiger partial charge is 0.272 e. The third-order valence-electron chi connectivity index (χ3n) is 2.10. The highest BCUT2D eigenvalue weighted by Crippen LogP contribution is 2.28. The van der Waals surface area contributed by atoms with E-state index in [1.807, 2.05) is 13.0 Å². The normalized spacial score (nSPS) is 12.4. The molecule has 0 saturated carbocycles. The summed E-state index contributed by atoms with van der Waals surface area (Å²) in [5, 5.41) is 10.8. The molecule has 0 fully saturated rings. The van der Waals surface area contributed by atoms with Crippen molar-refractivity contribution in [2.45, 2.75) is 12.8 Å². The first kappa shape index (κ1) is 12.0.